The molecule has 0 radical (unpaired) electrons. The van der Waals surface area contributed by atoms with Gasteiger partial charge >= 0.3 is 5.97 Å². The Hall–Kier alpha value is -3.13. The van der Waals surface area contributed by atoms with Crippen LogP contribution in [0, 0.1) is 5.82 Å². The van der Waals surface area contributed by atoms with Crippen molar-refractivity contribution in [3.63, 3.8) is 0 Å². The lowest BCUT2D eigenvalue weighted by Crippen LogP contribution is -2.48. The highest BCUT2D eigenvalue weighted by atomic mass is 32.1. The number of carbonyl (C=O) groups is 1. The van der Waals surface area contributed by atoms with Crippen molar-refractivity contribution < 1.29 is 23.4 Å². The number of hydrogen-bond acceptors (Lipinski definition) is 5. The summed E-state index contributed by atoms with van der Waals surface area (Å²) in [4.78, 5) is 14.4. The van der Waals surface area contributed by atoms with Crippen LogP contribution in [0.4, 0.5) is 10.1 Å². The number of hydrogen-bond donors (Lipinski definition) is 1. The molecule has 8 heteroatoms. The summed E-state index contributed by atoms with van der Waals surface area (Å²) in [5.41, 5.74) is 2.44. The second-order valence-corrected chi connectivity index (χ2v) is 6.97. The first-order chi connectivity index (χ1) is 14.0. The normalized spacial score (nSPS) is 18.4. The summed E-state index contributed by atoms with van der Waals surface area (Å²) >= 11 is 5.60. The van der Waals surface area contributed by atoms with Gasteiger partial charge in [-0.1, -0.05) is 12.1 Å². The molecule has 0 aliphatic carbocycles. The quantitative estimate of drug-likeness (QED) is 0.610. The van der Waals surface area contributed by atoms with Gasteiger partial charge in [0.25, 0.3) is 0 Å². The van der Waals surface area contributed by atoms with Crippen molar-refractivity contribution in [3.8, 4) is 11.5 Å². The second-order valence-electron chi connectivity index (χ2n) is 6.59. The van der Waals surface area contributed by atoms with E-state index in [-0.39, 0.29) is 5.82 Å². The molecule has 0 aromatic heterocycles. The number of fused-ring (bicyclic) bond motifs is 1. The van der Waals surface area contributed by atoms with E-state index in [2.05, 4.69) is 5.32 Å². The first-order valence-corrected chi connectivity index (χ1v) is 9.45. The first kappa shape index (κ1) is 19.2. The zero-order valence-electron chi connectivity index (χ0n) is 15.9. The van der Waals surface area contributed by atoms with Crippen LogP contribution in [0.2, 0.25) is 0 Å². The van der Waals surface area contributed by atoms with Crippen molar-refractivity contribution in [2.24, 2.45) is 0 Å². The summed E-state index contributed by atoms with van der Waals surface area (Å²) in [5, 5.41) is 3.58. The molecule has 4 rings (SSSR count). The van der Waals surface area contributed by atoms with E-state index >= 15 is 0 Å². The van der Waals surface area contributed by atoms with E-state index < -0.39 is 12.0 Å². The lowest BCUT2D eigenvalue weighted by atomic mass is 9.94. The highest BCUT2D eigenvalue weighted by molar-refractivity contribution is 7.80. The van der Waals surface area contributed by atoms with E-state index in [1.165, 1.54) is 19.2 Å². The maximum absolute atomic E-state index is 13.4. The third-order valence-corrected chi connectivity index (χ3v) is 5.18. The number of nitrogens with one attached hydrogen (secondary N) is 1. The van der Waals surface area contributed by atoms with Crippen LogP contribution in [-0.4, -0.2) is 31.4 Å². The molecule has 0 bridgehead atoms. The van der Waals surface area contributed by atoms with Crippen molar-refractivity contribution in [3.05, 3.63) is 65.1 Å². The van der Waals surface area contributed by atoms with Crippen LogP contribution in [0.1, 0.15) is 18.5 Å². The smallest absolute Gasteiger partial charge is 0.337 e. The van der Waals surface area contributed by atoms with Crippen LogP contribution in [-0.2, 0) is 9.53 Å². The van der Waals surface area contributed by atoms with Crippen LogP contribution in [0.5, 0.6) is 11.5 Å². The van der Waals surface area contributed by atoms with Gasteiger partial charge in [0.2, 0.25) is 0 Å². The molecule has 29 heavy (non-hydrogen) atoms. The average molecular weight is 414 g/mol. The van der Waals surface area contributed by atoms with Crippen molar-refractivity contribution in [1.29, 1.82) is 0 Å². The predicted octanol–water partition coefficient (Wildman–Crippen LogP) is 3.48. The van der Waals surface area contributed by atoms with Gasteiger partial charge < -0.3 is 19.5 Å². The molecule has 2 aliphatic heterocycles. The summed E-state index contributed by atoms with van der Waals surface area (Å²) in [6.45, 7) is 2.77. The van der Waals surface area contributed by atoms with Gasteiger partial charge in [0.15, 0.2) is 16.6 Å². The molecule has 2 aromatic rings. The van der Waals surface area contributed by atoms with Gasteiger partial charge in [-0.25, -0.2) is 9.18 Å². The number of ether oxygens (including phenoxy) is 3. The number of halogens is 1. The molecule has 0 amide bonds. The Morgan fingerprint density at radius 3 is 2.55 bits per heavy atom. The van der Waals surface area contributed by atoms with Gasteiger partial charge in [0, 0.05) is 11.8 Å². The molecular formula is C21H19FN2O4S. The fourth-order valence-corrected chi connectivity index (χ4v) is 3.86. The fourth-order valence-electron chi connectivity index (χ4n) is 3.50. The van der Waals surface area contributed by atoms with Crippen molar-refractivity contribution >= 4 is 29.0 Å². The van der Waals surface area contributed by atoms with Gasteiger partial charge in [-0.2, -0.15) is 0 Å². The lowest BCUT2D eigenvalue weighted by Gasteiger charge is -2.37. The van der Waals surface area contributed by atoms with Crippen LogP contribution in [0.3, 0.4) is 0 Å². The standard InChI is InChI=1S/C21H19FN2O4S/c1-12-18(20(25)26-2)19(13-3-5-14(22)6-4-13)23-21(29)24(12)15-7-8-16-17(11-15)28-10-9-27-16/h3-8,11,19H,9-10H2,1-2H3,(H,23,29)/t19-/m1/s1. The van der Waals surface area contributed by atoms with Gasteiger partial charge in [-0.15, -0.1) is 0 Å². The van der Waals surface area contributed by atoms with Crippen molar-refractivity contribution in [1.82, 2.24) is 5.32 Å². The van der Waals surface area contributed by atoms with E-state index in [4.69, 9.17) is 26.4 Å². The Kier molecular flexibility index (Phi) is 5.10. The number of allylic oxidation sites excluding steroid dienone is 1. The minimum absolute atomic E-state index is 0.356. The molecule has 0 spiro atoms. The summed E-state index contributed by atoms with van der Waals surface area (Å²) in [5.74, 6) is 0.430. The minimum atomic E-state index is -0.552. The largest absolute Gasteiger partial charge is 0.486 e. The van der Waals surface area contributed by atoms with E-state index in [1.807, 2.05) is 18.2 Å². The Bertz CT molecular complexity index is 1010. The maximum atomic E-state index is 13.4. The summed E-state index contributed by atoms with van der Waals surface area (Å²) in [7, 11) is 1.33. The number of rotatable bonds is 3. The van der Waals surface area contributed by atoms with E-state index in [9.17, 15) is 9.18 Å². The van der Waals surface area contributed by atoms with Crippen LogP contribution < -0.4 is 19.7 Å². The molecule has 6 nitrogen and oxygen atoms in total. The van der Waals surface area contributed by atoms with E-state index in [0.29, 0.717) is 46.7 Å². The molecule has 0 fully saturated rings. The van der Waals surface area contributed by atoms with Gasteiger partial charge in [0.05, 0.1) is 24.4 Å². The minimum Gasteiger partial charge on any atom is -0.486 e. The number of methoxy groups -OCH3 is 1. The van der Waals surface area contributed by atoms with Crippen LogP contribution in [0.15, 0.2) is 53.7 Å². The number of carbonyl (C=O) groups excluding carboxylic acids is 1. The lowest BCUT2D eigenvalue weighted by molar-refractivity contribution is -0.136. The van der Waals surface area contributed by atoms with E-state index in [1.54, 1.807) is 24.0 Å². The Morgan fingerprint density at radius 1 is 1.17 bits per heavy atom. The van der Waals surface area contributed by atoms with Gasteiger partial charge in [-0.05, 0) is 49.0 Å². The summed E-state index contributed by atoms with van der Waals surface area (Å²) in [6.07, 6.45) is 0. The molecule has 2 aliphatic rings. The topological polar surface area (TPSA) is 60.0 Å². The van der Waals surface area contributed by atoms with Crippen LogP contribution in [0.25, 0.3) is 0 Å². The third-order valence-electron chi connectivity index (χ3n) is 4.88. The number of esters is 1. The molecule has 1 atom stereocenters. The van der Waals surface area contributed by atoms with Gasteiger partial charge in [0.1, 0.15) is 19.0 Å². The highest BCUT2D eigenvalue weighted by Crippen LogP contribution is 2.38. The molecule has 1 N–H and O–H groups in total. The maximum Gasteiger partial charge on any atom is 0.337 e. The van der Waals surface area contributed by atoms with Gasteiger partial charge in [-0.3, -0.25) is 4.90 Å². The number of thiocarbonyl (C=S) groups is 1. The Balaban J connectivity index is 1.80. The molecule has 0 unspecified atom stereocenters. The monoisotopic (exact) mass is 414 g/mol. The summed E-state index contributed by atoms with van der Waals surface area (Å²) < 4.78 is 29.6. The zero-order valence-corrected chi connectivity index (χ0v) is 16.7. The molecule has 0 saturated heterocycles. The fraction of sp³-hybridized carbons (Fsp3) is 0.238. The summed E-state index contributed by atoms with van der Waals surface area (Å²) in [6, 6.07) is 10.8. The van der Waals surface area contributed by atoms with Crippen LogP contribution >= 0.6 is 12.2 Å². The number of benzene rings is 2. The Labute approximate surface area is 172 Å². The zero-order chi connectivity index (χ0) is 20.5. The Morgan fingerprint density at radius 2 is 1.86 bits per heavy atom. The average Bonchev–Trinajstić information content (AvgIpc) is 2.73. The number of nitrogens with zero attached hydrogens (tertiary/aromatic N) is 1. The molecular weight excluding hydrogens is 395 g/mol. The SMILES string of the molecule is COC(=O)C1=C(C)N(c2ccc3c(c2)OCCO3)C(=S)N[C@@H]1c1ccc(F)cc1. The number of anilines is 1. The predicted molar refractivity (Wildman–Crippen MR) is 110 cm³/mol. The second kappa shape index (κ2) is 7.71. The van der Waals surface area contributed by atoms with Crippen molar-refractivity contribution in [2.75, 3.05) is 25.2 Å². The van der Waals surface area contributed by atoms with Crippen molar-refractivity contribution in [2.45, 2.75) is 13.0 Å². The van der Waals surface area contributed by atoms with E-state index in [0.717, 1.165) is 5.69 Å². The molecule has 2 heterocycles. The first-order valence-electron chi connectivity index (χ1n) is 9.04. The molecule has 2 aromatic carbocycles. The molecule has 0 saturated carbocycles. The molecule has 150 valence electrons. The highest BCUT2D eigenvalue weighted by Gasteiger charge is 2.35. The third kappa shape index (κ3) is 3.51.